The largest absolute Gasteiger partial charge is 0.478 e. The third-order valence-corrected chi connectivity index (χ3v) is 5.48. The van der Waals surface area contributed by atoms with Crippen molar-refractivity contribution in [3.8, 4) is 5.75 Å². The van der Waals surface area contributed by atoms with Gasteiger partial charge in [0.2, 0.25) is 5.78 Å². The fraction of sp³-hybridized carbons (Fsp3) is 0.240. The average molecular weight is 432 g/mol. The van der Waals surface area contributed by atoms with Crippen LogP contribution < -0.4 is 10.1 Å². The number of nitrogens with zero attached hydrogens (tertiary/aromatic N) is 1. The summed E-state index contributed by atoms with van der Waals surface area (Å²) in [4.78, 5) is 37.1. The van der Waals surface area contributed by atoms with Gasteiger partial charge in [0.1, 0.15) is 5.75 Å². The highest BCUT2D eigenvalue weighted by molar-refractivity contribution is 6.01. The Morgan fingerprint density at radius 3 is 2.56 bits per heavy atom. The van der Waals surface area contributed by atoms with Gasteiger partial charge in [-0.1, -0.05) is 42.5 Å². The lowest BCUT2D eigenvalue weighted by Gasteiger charge is -2.25. The molecule has 1 unspecified atom stereocenters. The Morgan fingerprint density at radius 2 is 1.78 bits per heavy atom. The predicted octanol–water partition coefficient (Wildman–Crippen LogP) is 3.67. The number of carbonyl (C=O) groups is 3. The van der Waals surface area contributed by atoms with Crippen molar-refractivity contribution < 1.29 is 23.9 Å². The molecule has 7 heteroatoms. The lowest BCUT2D eigenvalue weighted by Crippen LogP contribution is -2.39. The van der Waals surface area contributed by atoms with Gasteiger partial charge in [0.25, 0.3) is 5.91 Å². The number of para-hydroxylation sites is 2. The summed E-state index contributed by atoms with van der Waals surface area (Å²) < 4.78 is 12.8. The number of esters is 1. The third-order valence-electron chi connectivity index (χ3n) is 5.48. The van der Waals surface area contributed by atoms with E-state index in [1.165, 1.54) is 0 Å². The number of rotatable bonds is 7. The zero-order valence-electron chi connectivity index (χ0n) is 18.0. The number of hydrogen-bond acceptors (Lipinski definition) is 5. The molecule has 0 saturated carbocycles. The zero-order chi connectivity index (χ0) is 22.7. The maximum Gasteiger partial charge on any atom is 0.310 e. The molecule has 164 valence electrons. The lowest BCUT2D eigenvalue weighted by atomic mass is 10.1. The summed E-state index contributed by atoms with van der Waals surface area (Å²) in [5.74, 6) is -0.885. The number of aromatic nitrogens is 1. The molecule has 2 heterocycles. The van der Waals surface area contributed by atoms with E-state index < -0.39 is 18.0 Å². The molecule has 1 amide bonds. The van der Waals surface area contributed by atoms with Crippen LogP contribution in [0.15, 0.2) is 60.7 Å². The van der Waals surface area contributed by atoms with Gasteiger partial charge in [-0.05, 0) is 37.6 Å². The van der Waals surface area contributed by atoms with Crippen LogP contribution in [0.25, 0.3) is 0 Å². The van der Waals surface area contributed by atoms with Crippen LogP contribution in [-0.4, -0.2) is 34.9 Å². The zero-order valence-corrected chi connectivity index (χ0v) is 18.0. The molecule has 0 bridgehead atoms. The minimum absolute atomic E-state index is 0.277. The molecule has 0 fully saturated rings. The molecule has 2 aromatic carbocycles. The van der Waals surface area contributed by atoms with Crippen molar-refractivity contribution in [2.45, 2.75) is 32.9 Å². The Hall–Kier alpha value is -3.87. The lowest BCUT2D eigenvalue weighted by molar-refractivity contribution is -0.146. The quantitative estimate of drug-likeness (QED) is 0.455. The summed E-state index contributed by atoms with van der Waals surface area (Å²) in [7, 11) is 0. The minimum Gasteiger partial charge on any atom is -0.478 e. The summed E-state index contributed by atoms with van der Waals surface area (Å²) in [6.07, 6.45) is -1.27. The molecule has 1 N–H and O–H groups in total. The van der Waals surface area contributed by atoms with Gasteiger partial charge < -0.3 is 19.4 Å². The molecule has 0 aliphatic carbocycles. The van der Waals surface area contributed by atoms with E-state index in [4.69, 9.17) is 9.47 Å². The van der Waals surface area contributed by atoms with Gasteiger partial charge in [0.05, 0.1) is 12.1 Å². The van der Waals surface area contributed by atoms with Gasteiger partial charge in [-0.25, -0.2) is 0 Å². The first-order valence-electron chi connectivity index (χ1n) is 10.4. The summed E-state index contributed by atoms with van der Waals surface area (Å²) in [6.45, 7) is 4.08. The summed E-state index contributed by atoms with van der Waals surface area (Å²) in [5, 5.41) is 2.70. The fourth-order valence-electron chi connectivity index (χ4n) is 3.75. The number of ether oxygens (including phenoxy) is 2. The van der Waals surface area contributed by atoms with E-state index in [1.807, 2.05) is 50.2 Å². The maximum atomic E-state index is 12.7. The van der Waals surface area contributed by atoms with Crippen molar-refractivity contribution in [1.29, 1.82) is 0 Å². The number of benzene rings is 2. The van der Waals surface area contributed by atoms with Crippen molar-refractivity contribution in [3.63, 3.8) is 0 Å². The monoisotopic (exact) mass is 432 g/mol. The molecule has 4 rings (SSSR count). The Kier molecular flexibility index (Phi) is 6.07. The number of ketones is 1. The second kappa shape index (κ2) is 9.09. The van der Waals surface area contributed by atoms with E-state index in [2.05, 4.69) is 9.88 Å². The van der Waals surface area contributed by atoms with Gasteiger partial charge in [-0.3, -0.25) is 14.4 Å². The number of amides is 1. The molecule has 1 aliphatic heterocycles. The summed E-state index contributed by atoms with van der Waals surface area (Å²) in [6, 6.07) is 18.8. The third kappa shape index (κ3) is 4.56. The molecular weight excluding hydrogens is 408 g/mol. The molecule has 0 spiro atoms. The van der Waals surface area contributed by atoms with E-state index in [-0.39, 0.29) is 18.8 Å². The average Bonchev–Trinajstić information content (AvgIpc) is 3.07. The molecule has 0 radical (unpaired) electrons. The second-order valence-electron chi connectivity index (χ2n) is 7.74. The van der Waals surface area contributed by atoms with Crippen molar-refractivity contribution in [1.82, 2.24) is 4.57 Å². The summed E-state index contributed by atoms with van der Waals surface area (Å²) in [5.41, 5.74) is 3.98. The SMILES string of the molecule is Cc1cc(C(=O)COC(=O)CC2Oc3ccccc3NC2=O)c(C)n1Cc1ccccc1. The molecule has 1 atom stereocenters. The van der Waals surface area contributed by atoms with E-state index in [0.717, 1.165) is 17.0 Å². The molecule has 7 nitrogen and oxygen atoms in total. The number of Topliss-reactive ketones (excluding diaryl/α,β-unsaturated/α-hetero) is 1. The second-order valence-corrected chi connectivity index (χ2v) is 7.74. The number of anilines is 1. The fourth-order valence-corrected chi connectivity index (χ4v) is 3.75. The molecule has 3 aromatic rings. The predicted molar refractivity (Wildman–Crippen MR) is 119 cm³/mol. The van der Waals surface area contributed by atoms with Gasteiger partial charge in [0.15, 0.2) is 12.7 Å². The van der Waals surface area contributed by atoms with E-state index in [0.29, 0.717) is 23.5 Å². The van der Waals surface area contributed by atoms with Crippen LogP contribution in [0.1, 0.15) is 33.7 Å². The Balaban J connectivity index is 1.35. The first kappa shape index (κ1) is 21.4. The van der Waals surface area contributed by atoms with Crippen molar-refractivity contribution in [2.75, 3.05) is 11.9 Å². The van der Waals surface area contributed by atoms with Crippen molar-refractivity contribution in [2.24, 2.45) is 0 Å². The van der Waals surface area contributed by atoms with Gasteiger partial charge >= 0.3 is 5.97 Å². The van der Waals surface area contributed by atoms with Gasteiger partial charge in [0, 0.05) is 23.5 Å². The van der Waals surface area contributed by atoms with Crippen LogP contribution in [0.3, 0.4) is 0 Å². The van der Waals surface area contributed by atoms with Crippen molar-refractivity contribution >= 4 is 23.3 Å². The van der Waals surface area contributed by atoms with Gasteiger partial charge in [-0.15, -0.1) is 0 Å². The maximum absolute atomic E-state index is 12.7. The molecule has 1 aliphatic rings. The van der Waals surface area contributed by atoms with Crippen LogP contribution in [0.5, 0.6) is 5.75 Å². The van der Waals surface area contributed by atoms with Crippen LogP contribution in [0, 0.1) is 13.8 Å². The van der Waals surface area contributed by atoms with E-state index in [1.54, 1.807) is 24.3 Å². The van der Waals surface area contributed by atoms with Crippen LogP contribution in [0.2, 0.25) is 0 Å². The number of fused-ring (bicyclic) bond motifs is 1. The van der Waals surface area contributed by atoms with Crippen LogP contribution >= 0.6 is 0 Å². The number of hydrogen-bond donors (Lipinski definition) is 1. The Labute approximate surface area is 186 Å². The first-order valence-corrected chi connectivity index (χ1v) is 10.4. The van der Waals surface area contributed by atoms with Gasteiger partial charge in [-0.2, -0.15) is 0 Å². The highest BCUT2D eigenvalue weighted by atomic mass is 16.5. The smallest absolute Gasteiger partial charge is 0.310 e. The summed E-state index contributed by atoms with van der Waals surface area (Å²) >= 11 is 0. The number of aryl methyl sites for hydroxylation is 1. The highest BCUT2D eigenvalue weighted by Gasteiger charge is 2.30. The first-order chi connectivity index (χ1) is 15.4. The molecular formula is C25H24N2O5. The topological polar surface area (TPSA) is 86.6 Å². The molecule has 0 saturated heterocycles. The standard InChI is InChI=1S/C25H24N2O5/c1-16-12-19(17(2)27(16)14-18-8-4-3-5-9-18)21(28)15-31-24(29)13-23-25(30)26-20-10-6-7-11-22(20)32-23/h3-12,23H,13-15H2,1-2H3,(H,26,30). The molecule has 32 heavy (non-hydrogen) atoms. The highest BCUT2D eigenvalue weighted by Crippen LogP contribution is 2.29. The molecule has 1 aromatic heterocycles. The normalized spacial score (nSPS) is 14.8. The number of nitrogens with one attached hydrogen (secondary N) is 1. The Bertz CT molecular complexity index is 1170. The van der Waals surface area contributed by atoms with E-state index >= 15 is 0 Å². The van der Waals surface area contributed by atoms with Crippen molar-refractivity contribution in [3.05, 3.63) is 83.2 Å². The number of carbonyl (C=O) groups excluding carboxylic acids is 3. The Morgan fingerprint density at radius 1 is 1.06 bits per heavy atom. The van der Waals surface area contributed by atoms with E-state index in [9.17, 15) is 14.4 Å². The van der Waals surface area contributed by atoms with Crippen LogP contribution in [-0.2, 0) is 20.9 Å². The van der Waals surface area contributed by atoms with Crippen LogP contribution in [0.4, 0.5) is 5.69 Å². The minimum atomic E-state index is -0.997.